The first kappa shape index (κ1) is 27.4. The van der Waals surface area contributed by atoms with E-state index in [1.807, 2.05) is 0 Å². The van der Waals surface area contributed by atoms with Gasteiger partial charge in [-0.15, -0.1) is 0 Å². The van der Waals surface area contributed by atoms with Crippen molar-refractivity contribution in [3.63, 3.8) is 0 Å². The molecule has 1 unspecified atom stereocenters. The largest absolute Gasteiger partial charge is 0.500 e. The van der Waals surface area contributed by atoms with Crippen LogP contribution in [-0.2, 0) is 13.3 Å². The SMILES string of the molecule is CCCCCCCCC(CCCCCC)CSCCC[Si](OC)(OC)OC. The van der Waals surface area contributed by atoms with Gasteiger partial charge in [0.15, 0.2) is 0 Å². The van der Waals surface area contributed by atoms with Crippen LogP contribution in [0.3, 0.4) is 0 Å². The lowest BCUT2D eigenvalue weighted by atomic mass is 9.96. The van der Waals surface area contributed by atoms with Gasteiger partial charge >= 0.3 is 8.80 Å². The lowest BCUT2D eigenvalue weighted by Crippen LogP contribution is -2.42. The van der Waals surface area contributed by atoms with E-state index in [4.69, 9.17) is 13.3 Å². The summed E-state index contributed by atoms with van der Waals surface area (Å²) >= 11 is 2.12. The monoisotopic (exact) mass is 420 g/mol. The molecule has 0 spiro atoms. The number of hydrogen-bond donors (Lipinski definition) is 0. The van der Waals surface area contributed by atoms with E-state index in [2.05, 4.69) is 25.6 Å². The minimum Gasteiger partial charge on any atom is -0.377 e. The van der Waals surface area contributed by atoms with Crippen LogP contribution in [0.4, 0.5) is 0 Å². The lowest BCUT2D eigenvalue weighted by molar-refractivity contribution is 0.123. The first-order valence-corrected chi connectivity index (χ1v) is 14.5. The van der Waals surface area contributed by atoms with E-state index in [1.165, 1.54) is 88.6 Å². The average Bonchev–Trinajstić information content (AvgIpc) is 2.70. The Labute approximate surface area is 176 Å². The second-order valence-corrected chi connectivity index (χ2v) is 12.0. The highest BCUT2D eigenvalue weighted by Crippen LogP contribution is 2.24. The van der Waals surface area contributed by atoms with Gasteiger partial charge in [0, 0.05) is 27.4 Å². The van der Waals surface area contributed by atoms with Gasteiger partial charge in [-0.3, -0.25) is 0 Å². The van der Waals surface area contributed by atoms with Crippen molar-refractivity contribution in [1.82, 2.24) is 0 Å². The highest BCUT2D eigenvalue weighted by molar-refractivity contribution is 7.99. The molecule has 0 N–H and O–H groups in total. The Balaban J connectivity index is 4.03. The van der Waals surface area contributed by atoms with Crippen molar-refractivity contribution in [3.05, 3.63) is 0 Å². The third-order valence-electron chi connectivity index (χ3n) is 5.49. The molecule has 0 aliphatic rings. The first-order chi connectivity index (χ1) is 13.2. The van der Waals surface area contributed by atoms with Crippen LogP contribution in [-0.4, -0.2) is 41.6 Å². The van der Waals surface area contributed by atoms with Gasteiger partial charge in [0.1, 0.15) is 0 Å². The van der Waals surface area contributed by atoms with Crippen LogP contribution >= 0.6 is 11.8 Å². The van der Waals surface area contributed by atoms with E-state index in [0.717, 1.165) is 18.4 Å². The van der Waals surface area contributed by atoms with E-state index in [0.29, 0.717) is 0 Å². The summed E-state index contributed by atoms with van der Waals surface area (Å²) in [6.07, 6.45) is 18.0. The van der Waals surface area contributed by atoms with E-state index in [1.54, 1.807) is 21.3 Å². The Kier molecular flexibility index (Phi) is 20.1. The molecule has 0 saturated carbocycles. The molecule has 0 aromatic heterocycles. The summed E-state index contributed by atoms with van der Waals surface area (Å²) in [5, 5.41) is 0. The van der Waals surface area contributed by atoms with Gasteiger partial charge in [0.05, 0.1) is 0 Å². The summed E-state index contributed by atoms with van der Waals surface area (Å²) in [5.74, 6) is 3.42. The number of rotatable bonds is 21. The van der Waals surface area contributed by atoms with Crippen LogP contribution in [0.2, 0.25) is 6.04 Å². The van der Waals surface area contributed by atoms with Crippen LogP contribution in [0.25, 0.3) is 0 Å². The molecule has 0 radical (unpaired) electrons. The zero-order valence-corrected chi connectivity index (χ0v) is 20.8. The van der Waals surface area contributed by atoms with Gasteiger partial charge in [-0.1, -0.05) is 78.1 Å². The van der Waals surface area contributed by atoms with Crippen molar-refractivity contribution in [2.24, 2.45) is 5.92 Å². The molecule has 0 bridgehead atoms. The molecule has 0 rings (SSSR count). The molecule has 0 aromatic rings. The minimum absolute atomic E-state index is 0.910. The third kappa shape index (κ3) is 15.0. The fourth-order valence-electron chi connectivity index (χ4n) is 3.58. The van der Waals surface area contributed by atoms with Crippen molar-refractivity contribution in [1.29, 1.82) is 0 Å². The molecule has 0 aliphatic carbocycles. The number of hydrogen-bond acceptors (Lipinski definition) is 4. The molecule has 27 heavy (non-hydrogen) atoms. The summed E-state index contributed by atoms with van der Waals surface area (Å²) < 4.78 is 16.6. The number of thioether (sulfide) groups is 1. The van der Waals surface area contributed by atoms with Crippen LogP contribution in [0.5, 0.6) is 0 Å². The highest BCUT2D eigenvalue weighted by Gasteiger charge is 2.36. The van der Waals surface area contributed by atoms with Crippen molar-refractivity contribution in [2.75, 3.05) is 32.8 Å². The molecule has 0 heterocycles. The van der Waals surface area contributed by atoms with Gasteiger partial charge in [0.25, 0.3) is 0 Å². The van der Waals surface area contributed by atoms with Gasteiger partial charge in [0.2, 0.25) is 0 Å². The molecule has 0 aromatic carbocycles. The molecule has 0 saturated heterocycles. The zero-order valence-electron chi connectivity index (χ0n) is 19.0. The van der Waals surface area contributed by atoms with Crippen LogP contribution < -0.4 is 0 Å². The first-order valence-electron chi connectivity index (χ1n) is 11.4. The minimum atomic E-state index is -2.38. The standard InChI is InChI=1S/C22H48O3SSi/c1-6-8-10-12-13-15-18-22(17-14-11-9-7-2)21-26-19-16-20-27(23-3,24-4)25-5/h22H,6-21H2,1-5H3. The Hall–Kier alpha value is 0.447. The number of unbranched alkanes of at least 4 members (excludes halogenated alkanes) is 8. The maximum absolute atomic E-state index is 5.52. The van der Waals surface area contributed by atoms with E-state index in [9.17, 15) is 0 Å². The second kappa shape index (κ2) is 19.7. The summed E-state index contributed by atoms with van der Waals surface area (Å²) in [5.41, 5.74) is 0. The molecule has 1 atom stereocenters. The smallest absolute Gasteiger partial charge is 0.377 e. The molecule has 0 fully saturated rings. The Bertz CT molecular complexity index is 293. The van der Waals surface area contributed by atoms with Crippen molar-refractivity contribution < 1.29 is 13.3 Å². The Morgan fingerprint density at radius 1 is 0.667 bits per heavy atom. The molecule has 0 aliphatic heterocycles. The fourth-order valence-corrected chi connectivity index (χ4v) is 6.74. The predicted octanol–water partition coefficient (Wildman–Crippen LogP) is 7.33. The predicted molar refractivity (Wildman–Crippen MR) is 124 cm³/mol. The van der Waals surface area contributed by atoms with Gasteiger partial charge in [-0.2, -0.15) is 11.8 Å². The quantitative estimate of drug-likeness (QED) is 0.143. The molecule has 3 nitrogen and oxygen atoms in total. The summed E-state index contributed by atoms with van der Waals surface area (Å²) in [6, 6.07) is 0.919. The van der Waals surface area contributed by atoms with Crippen LogP contribution in [0.15, 0.2) is 0 Å². The Morgan fingerprint density at radius 3 is 1.67 bits per heavy atom. The van der Waals surface area contributed by atoms with E-state index < -0.39 is 8.80 Å². The lowest BCUT2D eigenvalue weighted by Gasteiger charge is -2.24. The van der Waals surface area contributed by atoms with Crippen LogP contribution in [0, 0.1) is 5.92 Å². The summed E-state index contributed by atoms with van der Waals surface area (Å²) in [4.78, 5) is 0. The topological polar surface area (TPSA) is 27.7 Å². The van der Waals surface area contributed by atoms with Crippen LogP contribution in [0.1, 0.15) is 97.3 Å². The van der Waals surface area contributed by atoms with Gasteiger partial charge < -0.3 is 13.3 Å². The summed E-state index contributed by atoms with van der Waals surface area (Å²) in [6.45, 7) is 4.59. The van der Waals surface area contributed by atoms with Crippen molar-refractivity contribution in [3.8, 4) is 0 Å². The average molecular weight is 421 g/mol. The van der Waals surface area contributed by atoms with E-state index >= 15 is 0 Å². The molecule has 164 valence electrons. The van der Waals surface area contributed by atoms with Gasteiger partial charge in [-0.25, -0.2) is 0 Å². The van der Waals surface area contributed by atoms with Crippen molar-refractivity contribution in [2.45, 2.75) is 103 Å². The maximum atomic E-state index is 5.52. The molecule has 0 amide bonds. The normalized spacial score (nSPS) is 13.2. The van der Waals surface area contributed by atoms with Gasteiger partial charge in [-0.05, 0) is 36.7 Å². The zero-order chi connectivity index (χ0) is 20.2. The van der Waals surface area contributed by atoms with E-state index in [-0.39, 0.29) is 0 Å². The molecular weight excluding hydrogens is 372 g/mol. The summed E-state index contributed by atoms with van der Waals surface area (Å²) in [7, 11) is 2.75. The maximum Gasteiger partial charge on any atom is 0.500 e. The molecule has 5 heteroatoms. The fraction of sp³-hybridized carbons (Fsp3) is 1.00. The molecular formula is C22H48O3SSi. The second-order valence-electron chi connectivity index (χ2n) is 7.75. The Morgan fingerprint density at radius 2 is 1.15 bits per heavy atom. The van der Waals surface area contributed by atoms with Crippen molar-refractivity contribution >= 4 is 20.6 Å². The third-order valence-corrected chi connectivity index (χ3v) is 9.61. The highest BCUT2D eigenvalue weighted by atomic mass is 32.2.